The highest BCUT2D eigenvalue weighted by Gasteiger charge is 2.76. The highest BCUT2D eigenvalue weighted by Crippen LogP contribution is 2.72. The highest BCUT2D eigenvalue weighted by atomic mass is 16.5. The number of rotatable bonds is 0. The third-order valence-electron chi connectivity index (χ3n) is 7.27. The Kier molecular flexibility index (Phi) is 1.88. The van der Waals surface area contributed by atoms with Gasteiger partial charge in [0.15, 0.2) is 0 Å². The number of aliphatic imine (C=N–C) groups is 1. The first kappa shape index (κ1) is 12.5. The first-order valence-electron chi connectivity index (χ1n) is 8.32. The second-order valence-corrected chi connectivity index (χ2v) is 7.65. The van der Waals surface area contributed by atoms with Crippen molar-refractivity contribution >= 4 is 6.21 Å². The Morgan fingerprint density at radius 3 is 2.39 bits per heavy atom. The summed E-state index contributed by atoms with van der Waals surface area (Å²) >= 11 is 0. The lowest BCUT2D eigenvalue weighted by Crippen LogP contribution is -2.71. The summed E-state index contributed by atoms with van der Waals surface area (Å²) in [6, 6.07) is 0.0608. The lowest BCUT2D eigenvalue weighted by Gasteiger charge is -2.66. The van der Waals surface area contributed by atoms with Crippen LogP contribution in [-0.4, -0.2) is 39.4 Å². The minimum atomic E-state index is -0.200. The standard InChI is InChI=1S/C16H18N4O3/c1-18-13(21)19-11-4-5-12(20(19)14(18)22)16-8-23-7-15(11,16)9-2-3-10(16)17-6-9/h2-3,6,9-12H,4-5,7-8H2,1H3/t9?,10-,11-,12?,15-,16?/m1/s1. The third kappa shape index (κ3) is 0.978. The normalized spacial score (nSPS) is 47.7. The van der Waals surface area contributed by atoms with Crippen molar-refractivity contribution in [1.29, 1.82) is 0 Å². The van der Waals surface area contributed by atoms with Gasteiger partial charge in [-0.25, -0.2) is 23.5 Å². The molecule has 1 saturated heterocycles. The minimum absolute atomic E-state index is 0.00806. The molecule has 3 unspecified atom stereocenters. The predicted molar refractivity (Wildman–Crippen MR) is 81.8 cm³/mol. The van der Waals surface area contributed by atoms with Crippen molar-refractivity contribution in [3.8, 4) is 0 Å². The maximum absolute atomic E-state index is 12.7. The summed E-state index contributed by atoms with van der Waals surface area (Å²) in [5.74, 6) is 0.193. The van der Waals surface area contributed by atoms with Crippen molar-refractivity contribution in [2.75, 3.05) is 13.2 Å². The van der Waals surface area contributed by atoms with Crippen LogP contribution in [0.5, 0.6) is 0 Å². The second kappa shape index (κ2) is 3.45. The molecule has 8 rings (SSSR count). The third-order valence-corrected chi connectivity index (χ3v) is 7.27. The molecule has 0 N–H and O–H groups in total. The first-order valence-corrected chi connectivity index (χ1v) is 8.32. The topological polar surface area (TPSA) is 70.5 Å². The van der Waals surface area contributed by atoms with E-state index in [0.29, 0.717) is 13.2 Å². The van der Waals surface area contributed by atoms with E-state index < -0.39 is 0 Å². The molecule has 7 heteroatoms. The maximum Gasteiger partial charge on any atom is 0.347 e. The summed E-state index contributed by atoms with van der Waals surface area (Å²) < 4.78 is 10.8. The van der Waals surface area contributed by atoms with Gasteiger partial charge in [-0.3, -0.25) is 4.99 Å². The van der Waals surface area contributed by atoms with Crippen LogP contribution in [0.25, 0.3) is 0 Å². The minimum Gasteiger partial charge on any atom is -0.380 e. The van der Waals surface area contributed by atoms with Gasteiger partial charge in [0.05, 0.1) is 36.8 Å². The van der Waals surface area contributed by atoms with Crippen molar-refractivity contribution in [2.24, 2.45) is 28.8 Å². The number of dihydropyridines is 1. The van der Waals surface area contributed by atoms with Gasteiger partial charge in [-0.05, 0) is 12.8 Å². The van der Waals surface area contributed by atoms with Crippen LogP contribution < -0.4 is 11.4 Å². The van der Waals surface area contributed by atoms with Gasteiger partial charge in [0.1, 0.15) is 0 Å². The van der Waals surface area contributed by atoms with Gasteiger partial charge in [-0.2, -0.15) is 0 Å². The monoisotopic (exact) mass is 314 g/mol. The Hall–Kier alpha value is -1.89. The van der Waals surface area contributed by atoms with Crippen molar-refractivity contribution in [2.45, 2.75) is 31.0 Å². The molecule has 7 nitrogen and oxygen atoms in total. The Balaban J connectivity index is 1.77. The summed E-state index contributed by atoms with van der Waals surface area (Å²) in [7, 11) is 1.58. The molecular formula is C16H18N4O3. The number of ether oxygens (including phenoxy) is 1. The number of fused-ring (bicyclic) bond motifs is 1. The Bertz CT molecular complexity index is 837. The fourth-order valence-corrected chi connectivity index (χ4v) is 6.43. The molecule has 4 bridgehead atoms. The molecule has 1 saturated carbocycles. The fourth-order valence-electron chi connectivity index (χ4n) is 6.43. The smallest absolute Gasteiger partial charge is 0.347 e. The van der Waals surface area contributed by atoms with Gasteiger partial charge < -0.3 is 4.74 Å². The van der Waals surface area contributed by atoms with E-state index in [9.17, 15) is 9.59 Å². The molecule has 2 aliphatic carbocycles. The average Bonchev–Trinajstić information content (AvgIpc) is 3.14. The quantitative estimate of drug-likeness (QED) is 0.627. The molecule has 6 atom stereocenters. The molecule has 7 aliphatic rings. The molecule has 0 radical (unpaired) electrons. The molecule has 1 aromatic rings. The van der Waals surface area contributed by atoms with Crippen molar-refractivity contribution < 1.29 is 4.74 Å². The second-order valence-electron chi connectivity index (χ2n) is 7.65. The van der Waals surface area contributed by atoms with Crippen LogP contribution >= 0.6 is 0 Å². The Labute approximate surface area is 131 Å². The summed E-state index contributed by atoms with van der Waals surface area (Å²) in [6.07, 6.45) is 8.33. The van der Waals surface area contributed by atoms with E-state index >= 15 is 0 Å². The molecule has 2 fully saturated rings. The van der Waals surface area contributed by atoms with Crippen LogP contribution in [0.3, 0.4) is 0 Å². The SMILES string of the molecule is Cn1c(=O)n2n(c1=O)[C@@H]1CCC2C23COC[C@@]12C1C=C[C@H]3N=C1. The van der Waals surface area contributed by atoms with E-state index in [1.54, 1.807) is 16.4 Å². The van der Waals surface area contributed by atoms with Crippen molar-refractivity contribution in [3.05, 3.63) is 33.1 Å². The summed E-state index contributed by atoms with van der Waals surface area (Å²) in [5, 5.41) is 0. The van der Waals surface area contributed by atoms with E-state index in [2.05, 4.69) is 18.4 Å². The molecule has 0 amide bonds. The number of nitrogens with zero attached hydrogens (tertiary/aromatic N) is 4. The largest absolute Gasteiger partial charge is 0.380 e. The zero-order valence-corrected chi connectivity index (χ0v) is 12.9. The number of hydrogen-bond acceptors (Lipinski definition) is 4. The maximum atomic E-state index is 12.7. The van der Waals surface area contributed by atoms with Crippen molar-refractivity contribution in [1.82, 2.24) is 13.9 Å². The highest BCUT2D eigenvalue weighted by molar-refractivity contribution is 5.70. The van der Waals surface area contributed by atoms with Crippen LogP contribution in [0.4, 0.5) is 0 Å². The molecular weight excluding hydrogens is 296 g/mol. The van der Waals surface area contributed by atoms with Gasteiger partial charge in [0, 0.05) is 24.6 Å². The predicted octanol–water partition coefficient (Wildman–Crippen LogP) is -0.120. The summed E-state index contributed by atoms with van der Waals surface area (Å²) in [4.78, 5) is 30.2. The molecule has 0 aromatic carbocycles. The average molecular weight is 314 g/mol. The van der Waals surface area contributed by atoms with E-state index in [1.807, 2.05) is 0 Å². The molecule has 23 heavy (non-hydrogen) atoms. The Morgan fingerprint density at radius 1 is 1.09 bits per heavy atom. The van der Waals surface area contributed by atoms with Crippen molar-refractivity contribution in [3.63, 3.8) is 0 Å². The van der Waals surface area contributed by atoms with E-state index in [1.165, 1.54) is 4.57 Å². The van der Waals surface area contributed by atoms with E-state index in [4.69, 9.17) is 9.73 Å². The van der Waals surface area contributed by atoms with E-state index in [0.717, 1.165) is 12.8 Å². The van der Waals surface area contributed by atoms with Gasteiger partial charge in [-0.1, -0.05) is 12.2 Å². The van der Waals surface area contributed by atoms with Gasteiger partial charge >= 0.3 is 11.4 Å². The Morgan fingerprint density at radius 2 is 1.74 bits per heavy atom. The lowest BCUT2D eigenvalue weighted by molar-refractivity contribution is -0.141. The number of aromatic nitrogens is 3. The number of hydrogen-bond donors (Lipinski definition) is 0. The van der Waals surface area contributed by atoms with Crippen LogP contribution in [0, 0.1) is 16.7 Å². The molecule has 6 heterocycles. The zero-order chi connectivity index (χ0) is 15.6. The molecule has 0 spiro atoms. The lowest BCUT2D eigenvalue weighted by atomic mass is 9.43. The molecule has 1 aromatic heterocycles. The van der Waals surface area contributed by atoms with Gasteiger partial charge in [0.25, 0.3) is 0 Å². The molecule has 5 aliphatic heterocycles. The van der Waals surface area contributed by atoms with Gasteiger partial charge in [0.2, 0.25) is 0 Å². The van der Waals surface area contributed by atoms with Crippen LogP contribution in [0.15, 0.2) is 26.7 Å². The summed E-state index contributed by atoms with van der Waals surface area (Å²) in [5.41, 5.74) is -0.702. The van der Waals surface area contributed by atoms with Crippen LogP contribution in [0.2, 0.25) is 0 Å². The number of allylic oxidation sites excluding steroid dienone is 1. The van der Waals surface area contributed by atoms with Crippen LogP contribution in [-0.2, 0) is 11.8 Å². The fraction of sp³-hybridized carbons (Fsp3) is 0.688. The van der Waals surface area contributed by atoms with E-state index in [-0.39, 0.29) is 46.3 Å². The van der Waals surface area contributed by atoms with Crippen LogP contribution in [0.1, 0.15) is 24.9 Å². The zero-order valence-electron chi connectivity index (χ0n) is 12.9. The summed E-state index contributed by atoms with van der Waals surface area (Å²) in [6.45, 7) is 1.29. The first-order chi connectivity index (χ1) is 11.1. The van der Waals surface area contributed by atoms with Gasteiger partial charge in [-0.15, -0.1) is 0 Å². The molecule has 120 valence electrons.